The van der Waals surface area contributed by atoms with Crippen LogP contribution in [0.1, 0.15) is 36.2 Å². The Hall–Kier alpha value is -3.82. The number of benzene rings is 1. The minimum absolute atomic E-state index is 0.0245. The Morgan fingerprint density at radius 3 is 2.43 bits per heavy atom. The predicted octanol–water partition coefficient (Wildman–Crippen LogP) is 4.74. The standard InChI is InChI=1S/C27H24ClF2N3O4/c1-15-13-31-23(32-8-7-19(28)25(26(32)35)27(3,4)36)12-22(15)33-16(2)9-18(11-24(33)34)37-14-17-5-6-20(29)21(30)10-17/h5-13,36H,14H2,1-4H3. The van der Waals surface area contributed by atoms with E-state index >= 15 is 0 Å². The highest BCUT2D eigenvalue weighted by Gasteiger charge is 2.25. The van der Waals surface area contributed by atoms with Crippen molar-refractivity contribution in [3.63, 3.8) is 0 Å². The molecule has 0 amide bonds. The Morgan fingerprint density at radius 1 is 1.05 bits per heavy atom. The molecule has 0 atom stereocenters. The van der Waals surface area contributed by atoms with Crippen LogP contribution in [0.3, 0.4) is 0 Å². The summed E-state index contributed by atoms with van der Waals surface area (Å²) in [6.07, 6.45) is 2.99. The van der Waals surface area contributed by atoms with Crippen LogP contribution in [-0.4, -0.2) is 19.2 Å². The zero-order chi connectivity index (χ0) is 27.1. The number of aromatic nitrogens is 3. The summed E-state index contributed by atoms with van der Waals surface area (Å²) in [7, 11) is 0. The Morgan fingerprint density at radius 2 is 1.78 bits per heavy atom. The number of ether oxygens (including phenoxy) is 1. The first-order valence-corrected chi connectivity index (χ1v) is 11.7. The van der Waals surface area contributed by atoms with E-state index in [0.29, 0.717) is 22.5 Å². The minimum Gasteiger partial charge on any atom is -0.489 e. The van der Waals surface area contributed by atoms with Gasteiger partial charge in [-0.3, -0.25) is 18.7 Å². The Bertz CT molecular complexity index is 1620. The normalized spacial score (nSPS) is 11.6. The van der Waals surface area contributed by atoms with Gasteiger partial charge in [-0.05, 0) is 57.0 Å². The molecule has 192 valence electrons. The lowest BCUT2D eigenvalue weighted by molar-refractivity contribution is 0.0769. The molecule has 10 heteroatoms. The highest BCUT2D eigenvalue weighted by molar-refractivity contribution is 6.31. The lowest BCUT2D eigenvalue weighted by atomic mass is 10.00. The summed E-state index contributed by atoms with van der Waals surface area (Å²) < 4.78 is 35.0. The van der Waals surface area contributed by atoms with Crippen molar-refractivity contribution in [2.24, 2.45) is 0 Å². The molecule has 7 nitrogen and oxygen atoms in total. The third-order valence-electron chi connectivity index (χ3n) is 5.78. The van der Waals surface area contributed by atoms with Crippen LogP contribution in [-0.2, 0) is 12.2 Å². The van der Waals surface area contributed by atoms with Crippen LogP contribution in [0.15, 0.2) is 64.4 Å². The number of pyridine rings is 3. The van der Waals surface area contributed by atoms with Gasteiger partial charge in [0.25, 0.3) is 11.1 Å². The summed E-state index contributed by atoms with van der Waals surface area (Å²) in [5.74, 6) is -1.44. The first-order chi connectivity index (χ1) is 17.4. The number of aliphatic hydroxyl groups is 1. The van der Waals surface area contributed by atoms with Crippen molar-refractivity contribution in [1.29, 1.82) is 0 Å². The van der Waals surface area contributed by atoms with Gasteiger partial charge in [0.1, 0.15) is 18.2 Å². The SMILES string of the molecule is Cc1cnc(-n2ccc(Cl)c(C(C)(C)O)c2=O)cc1-n1c(C)cc(OCc2ccc(F)c(F)c2)cc1=O. The van der Waals surface area contributed by atoms with E-state index < -0.39 is 28.4 Å². The van der Waals surface area contributed by atoms with Crippen molar-refractivity contribution < 1.29 is 18.6 Å². The molecule has 0 aliphatic rings. The largest absolute Gasteiger partial charge is 0.489 e. The zero-order valence-electron chi connectivity index (χ0n) is 20.6. The van der Waals surface area contributed by atoms with Crippen molar-refractivity contribution in [3.05, 3.63) is 115 Å². The van der Waals surface area contributed by atoms with E-state index in [4.69, 9.17) is 16.3 Å². The number of hydrogen-bond acceptors (Lipinski definition) is 5. The van der Waals surface area contributed by atoms with E-state index in [1.165, 1.54) is 53.6 Å². The highest BCUT2D eigenvalue weighted by Crippen LogP contribution is 2.25. The summed E-state index contributed by atoms with van der Waals surface area (Å²) in [6.45, 7) is 6.37. The summed E-state index contributed by atoms with van der Waals surface area (Å²) in [5, 5.41) is 10.6. The van der Waals surface area contributed by atoms with Crippen molar-refractivity contribution in [1.82, 2.24) is 14.1 Å². The summed E-state index contributed by atoms with van der Waals surface area (Å²) in [6, 6.07) is 9.46. The Kier molecular flexibility index (Phi) is 7.03. The second-order valence-corrected chi connectivity index (χ2v) is 9.55. The fourth-order valence-electron chi connectivity index (χ4n) is 3.98. The highest BCUT2D eigenvalue weighted by atomic mass is 35.5. The number of aryl methyl sites for hydroxylation is 2. The summed E-state index contributed by atoms with van der Waals surface area (Å²) in [5.41, 5.74) is -0.276. The molecule has 4 rings (SSSR count). The molecule has 0 saturated carbocycles. The second kappa shape index (κ2) is 9.91. The van der Waals surface area contributed by atoms with Crippen LogP contribution in [0.25, 0.3) is 11.5 Å². The molecule has 1 aromatic carbocycles. The molecular formula is C27H24ClF2N3O4. The first kappa shape index (κ1) is 26.2. The van der Waals surface area contributed by atoms with E-state index in [0.717, 1.165) is 12.1 Å². The molecule has 0 unspecified atom stereocenters. The average Bonchev–Trinajstić information content (AvgIpc) is 2.80. The van der Waals surface area contributed by atoms with Gasteiger partial charge in [-0.25, -0.2) is 13.8 Å². The van der Waals surface area contributed by atoms with Gasteiger partial charge in [0, 0.05) is 36.3 Å². The molecule has 0 bridgehead atoms. The minimum atomic E-state index is -1.48. The van der Waals surface area contributed by atoms with Gasteiger partial charge in [0.05, 0.1) is 21.9 Å². The zero-order valence-corrected chi connectivity index (χ0v) is 21.3. The molecule has 0 radical (unpaired) electrons. The van der Waals surface area contributed by atoms with E-state index in [2.05, 4.69) is 4.98 Å². The fourth-order valence-corrected chi connectivity index (χ4v) is 4.35. The molecule has 0 fully saturated rings. The first-order valence-electron chi connectivity index (χ1n) is 11.3. The molecule has 0 aliphatic carbocycles. The second-order valence-electron chi connectivity index (χ2n) is 9.15. The van der Waals surface area contributed by atoms with Crippen LogP contribution in [0.4, 0.5) is 8.78 Å². The molecule has 0 saturated heterocycles. The lowest BCUT2D eigenvalue weighted by Crippen LogP contribution is -2.32. The summed E-state index contributed by atoms with van der Waals surface area (Å²) >= 11 is 6.18. The maximum Gasteiger partial charge on any atom is 0.263 e. The van der Waals surface area contributed by atoms with Gasteiger partial charge in [-0.1, -0.05) is 17.7 Å². The van der Waals surface area contributed by atoms with Crippen molar-refractivity contribution in [2.75, 3.05) is 0 Å². The van der Waals surface area contributed by atoms with Crippen LogP contribution in [0.2, 0.25) is 5.02 Å². The third-order valence-corrected chi connectivity index (χ3v) is 6.10. The van der Waals surface area contributed by atoms with Gasteiger partial charge in [-0.2, -0.15) is 0 Å². The number of hydrogen-bond donors (Lipinski definition) is 1. The van der Waals surface area contributed by atoms with Crippen molar-refractivity contribution in [3.8, 4) is 17.3 Å². The Balaban J connectivity index is 1.72. The van der Waals surface area contributed by atoms with Crippen LogP contribution in [0.5, 0.6) is 5.75 Å². The molecular weight excluding hydrogens is 504 g/mol. The van der Waals surface area contributed by atoms with E-state index in [1.54, 1.807) is 26.0 Å². The van der Waals surface area contributed by atoms with Crippen molar-refractivity contribution in [2.45, 2.75) is 39.9 Å². The van der Waals surface area contributed by atoms with Gasteiger partial charge < -0.3 is 9.84 Å². The van der Waals surface area contributed by atoms with Crippen LogP contribution in [0, 0.1) is 25.5 Å². The van der Waals surface area contributed by atoms with Gasteiger partial charge >= 0.3 is 0 Å². The lowest BCUT2D eigenvalue weighted by Gasteiger charge is -2.20. The van der Waals surface area contributed by atoms with Crippen LogP contribution < -0.4 is 15.9 Å². The maximum atomic E-state index is 13.5. The van der Waals surface area contributed by atoms with Crippen LogP contribution >= 0.6 is 11.6 Å². The Labute approximate surface area is 216 Å². The monoisotopic (exact) mass is 527 g/mol. The van der Waals surface area contributed by atoms with Crippen molar-refractivity contribution >= 4 is 11.6 Å². The molecule has 0 aliphatic heterocycles. The number of nitrogens with zero attached hydrogens (tertiary/aromatic N) is 3. The predicted molar refractivity (Wildman–Crippen MR) is 136 cm³/mol. The molecule has 1 N–H and O–H groups in total. The maximum absolute atomic E-state index is 13.5. The molecule has 37 heavy (non-hydrogen) atoms. The molecule has 3 heterocycles. The van der Waals surface area contributed by atoms with Gasteiger partial charge in [0.2, 0.25) is 0 Å². The fraction of sp³-hybridized carbons (Fsp3) is 0.222. The molecule has 0 spiro atoms. The average molecular weight is 528 g/mol. The van der Waals surface area contributed by atoms with E-state index in [-0.39, 0.29) is 28.8 Å². The molecule has 3 aromatic heterocycles. The van der Waals surface area contributed by atoms with Gasteiger partial charge in [-0.15, -0.1) is 0 Å². The quantitative estimate of drug-likeness (QED) is 0.391. The smallest absolute Gasteiger partial charge is 0.263 e. The number of rotatable bonds is 6. The third kappa shape index (κ3) is 5.33. The number of halogens is 3. The van der Waals surface area contributed by atoms with E-state index in [1.807, 2.05) is 0 Å². The van der Waals surface area contributed by atoms with Gasteiger partial charge in [0.15, 0.2) is 11.6 Å². The summed E-state index contributed by atoms with van der Waals surface area (Å²) in [4.78, 5) is 30.6. The molecule has 4 aromatic rings. The van der Waals surface area contributed by atoms with E-state index in [9.17, 15) is 23.5 Å². The topological polar surface area (TPSA) is 86.3 Å².